The van der Waals surface area contributed by atoms with E-state index in [-0.39, 0.29) is 24.3 Å². The van der Waals surface area contributed by atoms with Gasteiger partial charge < -0.3 is 19.5 Å². The number of thioether (sulfide) groups is 1. The molecule has 0 radical (unpaired) electrons. The van der Waals surface area contributed by atoms with Crippen LogP contribution in [0.2, 0.25) is 0 Å². The van der Waals surface area contributed by atoms with Gasteiger partial charge in [0.25, 0.3) is 11.8 Å². The van der Waals surface area contributed by atoms with E-state index >= 15 is 0 Å². The summed E-state index contributed by atoms with van der Waals surface area (Å²) in [7, 11) is 3.13. The highest BCUT2D eigenvalue weighted by molar-refractivity contribution is 8.00. The first-order chi connectivity index (χ1) is 20.3. The quantitative estimate of drug-likeness (QED) is 0.162. The molecule has 0 bridgehead atoms. The van der Waals surface area contributed by atoms with Gasteiger partial charge in [0.2, 0.25) is 5.91 Å². The van der Waals surface area contributed by atoms with Crippen molar-refractivity contribution in [1.29, 1.82) is 0 Å². The summed E-state index contributed by atoms with van der Waals surface area (Å²) < 4.78 is 16.6. The zero-order chi connectivity index (χ0) is 29.6. The van der Waals surface area contributed by atoms with Gasteiger partial charge in [-0.05, 0) is 85.6 Å². The Bertz CT molecular complexity index is 1620. The predicted octanol–water partition coefficient (Wildman–Crippen LogP) is 6.37. The van der Waals surface area contributed by atoms with Gasteiger partial charge >= 0.3 is 0 Å². The van der Waals surface area contributed by atoms with Gasteiger partial charge in [-0.3, -0.25) is 19.3 Å². The van der Waals surface area contributed by atoms with Crippen LogP contribution in [0.3, 0.4) is 0 Å². The molecule has 8 nitrogen and oxygen atoms in total. The first-order valence-corrected chi connectivity index (χ1v) is 14.3. The number of nitrogens with zero attached hydrogens (tertiary/aromatic N) is 1. The van der Waals surface area contributed by atoms with Crippen molar-refractivity contribution in [2.75, 3.05) is 31.8 Å². The Morgan fingerprint density at radius 1 is 0.786 bits per heavy atom. The Labute approximate surface area is 248 Å². The molecule has 0 saturated heterocycles. The normalized spacial score (nSPS) is 12.2. The fourth-order valence-corrected chi connectivity index (χ4v) is 5.23. The highest BCUT2D eigenvalue weighted by Crippen LogP contribution is 2.31. The molecule has 1 aliphatic heterocycles. The summed E-state index contributed by atoms with van der Waals surface area (Å²) in [5.41, 5.74) is 3.39. The van der Waals surface area contributed by atoms with Crippen LogP contribution in [0.15, 0.2) is 89.8 Å². The van der Waals surface area contributed by atoms with Crippen molar-refractivity contribution in [3.63, 3.8) is 0 Å². The molecule has 0 fully saturated rings. The Kier molecular flexibility index (Phi) is 8.78. The second-order valence-corrected chi connectivity index (χ2v) is 10.7. The molecule has 3 amide bonds. The number of rotatable bonds is 11. The number of imide groups is 1. The maximum atomic E-state index is 13.1. The molecule has 0 unspecified atom stereocenters. The minimum atomic E-state index is -0.359. The second kappa shape index (κ2) is 12.8. The van der Waals surface area contributed by atoms with Crippen molar-refractivity contribution in [2.45, 2.75) is 18.2 Å². The number of hydrogen-bond donors (Lipinski definition) is 1. The van der Waals surface area contributed by atoms with Gasteiger partial charge in [0.1, 0.15) is 11.5 Å². The number of fused-ring (bicyclic) bond motifs is 1. The Morgan fingerprint density at radius 2 is 1.48 bits per heavy atom. The number of nitrogens with one attached hydrogen (secondary N) is 1. The fraction of sp³-hybridized carbons (Fsp3) is 0.182. The van der Waals surface area contributed by atoms with E-state index in [1.54, 1.807) is 62.8 Å². The van der Waals surface area contributed by atoms with Gasteiger partial charge in [-0.1, -0.05) is 23.8 Å². The standard InChI is InChI=1S/C33H30N2O6S/c1-21-4-12-26(13-5-21)42-20-31(36)34-23-7-9-24(10-8-23)41-25-11-14-27-28(19-25)33(38)35(32(27)37)17-16-22-6-15-29(39-2)30(18-22)40-3/h4-15,18-19H,16-17,20H2,1-3H3,(H,34,36). The van der Waals surface area contributed by atoms with E-state index < -0.39 is 0 Å². The highest BCUT2D eigenvalue weighted by Gasteiger charge is 2.35. The van der Waals surface area contributed by atoms with E-state index in [1.165, 1.54) is 22.2 Å². The Balaban J connectivity index is 1.17. The molecule has 1 heterocycles. The molecule has 0 saturated carbocycles. The van der Waals surface area contributed by atoms with Crippen LogP contribution < -0.4 is 19.5 Å². The molecule has 0 aliphatic carbocycles. The molecule has 214 valence electrons. The SMILES string of the molecule is COc1ccc(CCN2C(=O)c3ccc(Oc4ccc(NC(=O)CSc5ccc(C)cc5)cc4)cc3C2=O)cc1OC. The van der Waals surface area contributed by atoms with E-state index in [9.17, 15) is 14.4 Å². The number of anilines is 1. The van der Waals surface area contributed by atoms with E-state index in [0.29, 0.717) is 52.0 Å². The average molecular weight is 583 g/mol. The topological polar surface area (TPSA) is 94.2 Å². The van der Waals surface area contributed by atoms with Gasteiger partial charge in [-0.15, -0.1) is 11.8 Å². The van der Waals surface area contributed by atoms with Crippen LogP contribution in [0.4, 0.5) is 5.69 Å². The van der Waals surface area contributed by atoms with Crippen LogP contribution in [-0.2, 0) is 11.2 Å². The lowest BCUT2D eigenvalue weighted by Gasteiger charge is -2.14. The van der Waals surface area contributed by atoms with E-state index in [2.05, 4.69) is 5.32 Å². The minimum Gasteiger partial charge on any atom is -0.493 e. The van der Waals surface area contributed by atoms with Crippen molar-refractivity contribution in [3.05, 3.63) is 107 Å². The smallest absolute Gasteiger partial charge is 0.261 e. The predicted molar refractivity (Wildman–Crippen MR) is 162 cm³/mol. The first kappa shape index (κ1) is 28.8. The number of ether oxygens (including phenoxy) is 3. The van der Waals surface area contributed by atoms with Gasteiger partial charge in [-0.25, -0.2) is 0 Å². The molecule has 4 aromatic carbocycles. The maximum absolute atomic E-state index is 13.1. The van der Waals surface area contributed by atoms with Crippen molar-refractivity contribution < 1.29 is 28.6 Å². The van der Waals surface area contributed by atoms with Crippen LogP contribution in [0, 0.1) is 6.92 Å². The zero-order valence-corrected chi connectivity index (χ0v) is 24.3. The second-order valence-electron chi connectivity index (χ2n) is 9.69. The third-order valence-corrected chi connectivity index (χ3v) is 7.79. The third kappa shape index (κ3) is 6.58. The van der Waals surface area contributed by atoms with Crippen molar-refractivity contribution in [1.82, 2.24) is 4.90 Å². The number of amides is 3. The van der Waals surface area contributed by atoms with Crippen LogP contribution in [-0.4, -0.2) is 49.1 Å². The molecule has 0 atom stereocenters. The van der Waals surface area contributed by atoms with E-state index in [4.69, 9.17) is 14.2 Å². The molecule has 4 aromatic rings. The van der Waals surface area contributed by atoms with Gasteiger partial charge in [0.15, 0.2) is 11.5 Å². The summed E-state index contributed by atoms with van der Waals surface area (Å²) in [6, 6.07) is 25.4. The van der Waals surface area contributed by atoms with Crippen LogP contribution in [0.5, 0.6) is 23.0 Å². The summed E-state index contributed by atoms with van der Waals surface area (Å²) in [4.78, 5) is 40.7. The highest BCUT2D eigenvalue weighted by atomic mass is 32.2. The van der Waals surface area contributed by atoms with Crippen molar-refractivity contribution in [2.24, 2.45) is 0 Å². The lowest BCUT2D eigenvalue weighted by Crippen LogP contribution is -2.31. The zero-order valence-electron chi connectivity index (χ0n) is 23.5. The minimum absolute atomic E-state index is 0.105. The molecule has 5 rings (SSSR count). The number of aryl methyl sites for hydroxylation is 1. The monoisotopic (exact) mass is 582 g/mol. The first-order valence-electron chi connectivity index (χ1n) is 13.3. The molecule has 0 aromatic heterocycles. The third-order valence-electron chi connectivity index (χ3n) is 6.78. The Morgan fingerprint density at radius 3 is 2.19 bits per heavy atom. The number of carbonyl (C=O) groups is 3. The molecule has 0 spiro atoms. The molecular formula is C33H30N2O6S. The average Bonchev–Trinajstić information content (AvgIpc) is 3.24. The lowest BCUT2D eigenvalue weighted by atomic mass is 10.1. The van der Waals surface area contributed by atoms with Crippen LogP contribution >= 0.6 is 11.8 Å². The number of hydrogen-bond acceptors (Lipinski definition) is 7. The fourth-order valence-electron chi connectivity index (χ4n) is 4.54. The number of carbonyl (C=O) groups excluding carboxylic acids is 3. The lowest BCUT2D eigenvalue weighted by molar-refractivity contribution is -0.113. The van der Waals surface area contributed by atoms with E-state index in [1.807, 2.05) is 43.3 Å². The summed E-state index contributed by atoms with van der Waals surface area (Å²) in [6.07, 6.45) is 0.475. The van der Waals surface area contributed by atoms with Gasteiger partial charge in [-0.2, -0.15) is 0 Å². The summed E-state index contributed by atoms with van der Waals surface area (Å²) in [5.74, 6) is 1.67. The molecule has 42 heavy (non-hydrogen) atoms. The van der Waals surface area contributed by atoms with Gasteiger partial charge in [0.05, 0.1) is 31.1 Å². The Hall–Kier alpha value is -4.76. The molecule has 1 N–H and O–H groups in total. The maximum Gasteiger partial charge on any atom is 0.261 e. The van der Waals surface area contributed by atoms with Crippen molar-refractivity contribution in [3.8, 4) is 23.0 Å². The largest absolute Gasteiger partial charge is 0.493 e. The van der Waals surface area contributed by atoms with Crippen molar-refractivity contribution >= 4 is 35.2 Å². The molecule has 9 heteroatoms. The number of benzene rings is 4. The van der Waals surface area contributed by atoms with Crippen LogP contribution in [0.1, 0.15) is 31.8 Å². The molecular weight excluding hydrogens is 552 g/mol. The molecule has 1 aliphatic rings. The summed E-state index contributed by atoms with van der Waals surface area (Å²) in [5, 5.41) is 2.88. The van der Waals surface area contributed by atoms with Gasteiger partial charge in [0, 0.05) is 17.1 Å². The number of methoxy groups -OCH3 is 2. The van der Waals surface area contributed by atoms with Crippen LogP contribution in [0.25, 0.3) is 0 Å². The summed E-state index contributed by atoms with van der Waals surface area (Å²) in [6.45, 7) is 2.26. The van der Waals surface area contributed by atoms with E-state index in [0.717, 1.165) is 10.5 Å². The summed E-state index contributed by atoms with van der Waals surface area (Å²) >= 11 is 1.47.